The Labute approximate surface area is 123 Å². The molecule has 1 saturated carbocycles. The lowest BCUT2D eigenvalue weighted by Crippen LogP contribution is -2.37. The second-order valence-electron chi connectivity index (χ2n) is 6.10. The molecule has 0 aliphatic heterocycles. The summed E-state index contributed by atoms with van der Waals surface area (Å²) in [5, 5.41) is 3.45. The van der Waals surface area contributed by atoms with Gasteiger partial charge in [0.15, 0.2) is 0 Å². The van der Waals surface area contributed by atoms with Gasteiger partial charge in [-0.3, -0.25) is 0 Å². The highest BCUT2D eigenvalue weighted by Gasteiger charge is 2.24. The lowest BCUT2D eigenvalue weighted by molar-refractivity contribution is 0.222. The fraction of sp³-hybridized carbons (Fsp3) is 0.667. The van der Waals surface area contributed by atoms with Crippen molar-refractivity contribution in [2.75, 3.05) is 13.7 Å². The van der Waals surface area contributed by atoms with Crippen LogP contribution in [-0.4, -0.2) is 19.7 Å². The molecule has 0 heterocycles. The Bertz CT molecular complexity index is 398. The van der Waals surface area contributed by atoms with Crippen molar-refractivity contribution in [3.8, 4) is 5.75 Å². The number of para-hydroxylation sites is 1. The molecule has 20 heavy (non-hydrogen) atoms. The van der Waals surface area contributed by atoms with Crippen molar-refractivity contribution in [3.05, 3.63) is 29.8 Å². The highest BCUT2D eigenvalue weighted by Crippen LogP contribution is 2.30. The first kappa shape index (κ1) is 15.4. The zero-order chi connectivity index (χ0) is 14.4. The molecule has 0 spiro atoms. The van der Waals surface area contributed by atoms with Crippen molar-refractivity contribution in [2.24, 2.45) is 5.92 Å². The Hall–Kier alpha value is -1.02. The third-order valence-electron chi connectivity index (χ3n) is 4.82. The van der Waals surface area contributed by atoms with Gasteiger partial charge < -0.3 is 10.1 Å². The number of hydrogen-bond donors (Lipinski definition) is 1. The molecule has 0 bridgehead atoms. The summed E-state index contributed by atoms with van der Waals surface area (Å²) in [6, 6.07) is 8.99. The van der Waals surface area contributed by atoms with Crippen molar-refractivity contribution >= 4 is 0 Å². The van der Waals surface area contributed by atoms with E-state index in [4.69, 9.17) is 4.74 Å². The number of benzene rings is 1. The quantitative estimate of drug-likeness (QED) is 0.798. The summed E-state index contributed by atoms with van der Waals surface area (Å²) in [5.41, 5.74) is 1.34. The molecular weight excluding hydrogens is 246 g/mol. The summed E-state index contributed by atoms with van der Waals surface area (Å²) in [6.07, 6.45) is 6.61. The van der Waals surface area contributed by atoms with Gasteiger partial charge in [0.25, 0.3) is 0 Å². The summed E-state index contributed by atoms with van der Waals surface area (Å²) in [6.45, 7) is 5.29. The predicted molar refractivity (Wildman–Crippen MR) is 85.4 cm³/mol. The van der Waals surface area contributed by atoms with Gasteiger partial charge in [-0.05, 0) is 49.8 Å². The second-order valence-corrected chi connectivity index (χ2v) is 6.10. The van der Waals surface area contributed by atoms with Crippen LogP contribution in [0.1, 0.15) is 57.4 Å². The molecule has 1 aromatic carbocycles. The van der Waals surface area contributed by atoms with Crippen LogP contribution < -0.4 is 10.1 Å². The summed E-state index contributed by atoms with van der Waals surface area (Å²) < 4.78 is 6.16. The van der Waals surface area contributed by atoms with Crippen LogP contribution in [-0.2, 0) is 0 Å². The molecule has 1 N–H and O–H groups in total. The first-order valence-electron chi connectivity index (χ1n) is 8.15. The van der Waals surface area contributed by atoms with Crippen LogP contribution in [0.2, 0.25) is 0 Å². The van der Waals surface area contributed by atoms with E-state index < -0.39 is 0 Å². The maximum atomic E-state index is 6.16. The monoisotopic (exact) mass is 275 g/mol. The largest absolute Gasteiger partial charge is 0.492 e. The second kappa shape index (κ2) is 7.68. The van der Waals surface area contributed by atoms with Gasteiger partial charge in [-0.2, -0.15) is 0 Å². The molecule has 2 nitrogen and oxygen atoms in total. The van der Waals surface area contributed by atoms with Crippen LogP contribution in [0.15, 0.2) is 24.3 Å². The van der Waals surface area contributed by atoms with E-state index in [-0.39, 0.29) is 0 Å². The van der Waals surface area contributed by atoms with E-state index in [0.717, 1.165) is 24.7 Å². The molecule has 112 valence electrons. The molecule has 0 radical (unpaired) electrons. The van der Waals surface area contributed by atoms with Gasteiger partial charge >= 0.3 is 0 Å². The molecule has 2 heteroatoms. The molecule has 0 amide bonds. The topological polar surface area (TPSA) is 21.3 Å². The maximum Gasteiger partial charge on any atom is 0.122 e. The molecule has 1 aliphatic rings. The Morgan fingerprint density at radius 1 is 1.25 bits per heavy atom. The van der Waals surface area contributed by atoms with E-state index >= 15 is 0 Å². The van der Waals surface area contributed by atoms with E-state index in [1.54, 1.807) is 0 Å². The van der Waals surface area contributed by atoms with Crippen LogP contribution in [0.3, 0.4) is 0 Å². The number of hydrogen-bond acceptors (Lipinski definition) is 2. The number of rotatable bonds is 7. The SMILES string of the molecule is CCC(C)c1ccccc1OCC(NC)C1CCCC1. The van der Waals surface area contributed by atoms with E-state index in [1.807, 2.05) is 0 Å². The Kier molecular flexibility index (Phi) is 5.90. The summed E-state index contributed by atoms with van der Waals surface area (Å²) in [5.74, 6) is 2.42. The molecule has 2 rings (SSSR count). The lowest BCUT2D eigenvalue weighted by Gasteiger charge is -2.24. The highest BCUT2D eigenvalue weighted by atomic mass is 16.5. The Morgan fingerprint density at radius 2 is 1.95 bits per heavy atom. The van der Waals surface area contributed by atoms with Crippen molar-refractivity contribution in [1.82, 2.24) is 5.32 Å². The van der Waals surface area contributed by atoms with E-state index in [9.17, 15) is 0 Å². The van der Waals surface area contributed by atoms with E-state index in [1.165, 1.54) is 31.2 Å². The minimum absolute atomic E-state index is 0.488. The average Bonchev–Trinajstić information content (AvgIpc) is 3.02. The van der Waals surface area contributed by atoms with Gasteiger partial charge in [0.2, 0.25) is 0 Å². The summed E-state index contributed by atoms with van der Waals surface area (Å²) >= 11 is 0. The average molecular weight is 275 g/mol. The number of nitrogens with one attached hydrogen (secondary N) is 1. The first-order chi connectivity index (χ1) is 9.76. The standard InChI is InChI=1S/C18H29NO/c1-4-14(2)16-11-7-8-12-18(16)20-13-17(19-3)15-9-5-6-10-15/h7-8,11-12,14-15,17,19H,4-6,9-10,13H2,1-3H3. The van der Waals surface area contributed by atoms with Crippen LogP contribution in [0.25, 0.3) is 0 Å². The van der Waals surface area contributed by atoms with Crippen molar-refractivity contribution in [2.45, 2.75) is 57.9 Å². The lowest BCUT2D eigenvalue weighted by atomic mass is 9.97. The van der Waals surface area contributed by atoms with Gasteiger partial charge in [0, 0.05) is 6.04 Å². The fourth-order valence-corrected chi connectivity index (χ4v) is 3.23. The van der Waals surface area contributed by atoms with E-state index in [0.29, 0.717) is 12.0 Å². The van der Waals surface area contributed by atoms with Crippen LogP contribution in [0.4, 0.5) is 0 Å². The molecule has 1 fully saturated rings. The minimum atomic E-state index is 0.488. The van der Waals surface area contributed by atoms with Gasteiger partial charge in [0.05, 0.1) is 0 Å². The van der Waals surface area contributed by atoms with Gasteiger partial charge in [0.1, 0.15) is 12.4 Å². The molecule has 2 unspecified atom stereocenters. The molecule has 1 aliphatic carbocycles. The van der Waals surface area contributed by atoms with E-state index in [2.05, 4.69) is 50.5 Å². The van der Waals surface area contributed by atoms with Crippen LogP contribution >= 0.6 is 0 Å². The first-order valence-corrected chi connectivity index (χ1v) is 8.15. The van der Waals surface area contributed by atoms with Crippen LogP contribution in [0.5, 0.6) is 5.75 Å². The van der Waals surface area contributed by atoms with Gasteiger partial charge in [-0.15, -0.1) is 0 Å². The minimum Gasteiger partial charge on any atom is -0.492 e. The fourth-order valence-electron chi connectivity index (χ4n) is 3.23. The summed E-state index contributed by atoms with van der Waals surface area (Å²) in [4.78, 5) is 0. The van der Waals surface area contributed by atoms with Crippen molar-refractivity contribution in [3.63, 3.8) is 0 Å². The zero-order valence-electron chi connectivity index (χ0n) is 13.2. The molecule has 1 aromatic rings. The molecular formula is C18H29NO. The number of likely N-dealkylation sites (N-methyl/N-ethyl adjacent to an activating group) is 1. The normalized spacial score (nSPS) is 18.9. The third kappa shape index (κ3) is 3.76. The van der Waals surface area contributed by atoms with Gasteiger partial charge in [-0.1, -0.05) is 44.9 Å². The Morgan fingerprint density at radius 3 is 2.60 bits per heavy atom. The third-order valence-corrected chi connectivity index (χ3v) is 4.82. The van der Waals surface area contributed by atoms with Gasteiger partial charge in [-0.25, -0.2) is 0 Å². The number of ether oxygens (including phenoxy) is 1. The van der Waals surface area contributed by atoms with Crippen LogP contribution in [0, 0.1) is 5.92 Å². The zero-order valence-corrected chi connectivity index (χ0v) is 13.2. The molecule has 0 saturated heterocycles. The predicted octanol–water partition coefficient (Wildman–Crippen LogP) is 4.36. The smallest absolute Gasteiger partial charge is 0.122 e. The van der Waals surface area contributed by atoms with Crippen molar-refractivity contribution in [1.29, 1.82) is 0 Å². The highest BCUT2D eigenvalue weighted by molar-refractivity contribution is 5.35. The maximum absolute atomic E-state index is 6.16. The molecule has 2 atom stereocenters. The Balaban J connectivity index is 1.98. The van der Waals surface area contributed by atoms with Crippen molar-refractivity contribution < 1.29 is 4.74 Å². The molecule has 0 aromatic heterocycles. The summed E-state index contributed by atoms with van der Waals surface area (Å²) in [7, 11) is 2.06.